The average Bonchev–Trinajstić information content (AvgIpc) is 2.57. The van der Waals surface area contributed by atoms with Crippen molar-refractivity contribution in [3.05, 3.63) is 48.6 Å². The van der Waals surface area contributed by atoms with E-state index < -0.39 is 11.7 Å². The van der Waals surface area contributed by atoms with Gasteiger partial charge >= 0.3 is 5.97 Å². The molecule has 0 amide bonds. The van der Waals surface area contributed by atoms with Crippen LogP contribution in [-0.2, 0) is 14.3 Å². The predicted octanol–water partition coefficient (Wildman–Crippen LogP) is 6.32. The Labute approximate surface area is 160 Å². The summed E-state index contributed by atoms with van der Waals surface area (Å²) in [6.45, 7) is 10.2. The van der Waals surface area contributed by atoms with Gasteiger partial charge < -0.3 is 9.47 Å². The molecule has 3 heteroatoms. The SMILES string of the molecule is CC/C=C\C/C=C\C/C=C\C/C=C\CCOC(CC)C(=O)OC(C)(C)C. The molecule has 1 atom stereocenters. The van der Waals surface area contributed by atoms with Gasteiger partial charge in [0, 0.05) is 0 Å². The van der Waals surface area contributed by atoms with E-state index in [-0.39, 0.29) is 5.97 Å². The van der Waals surface area contributed by atoms with Gasteiger partial charge in [-0.15, -0.1) is 0 Å². The second-order valence-corrected chi connectivity index (χ2v) is 7.09. The van der Waals surface area contributed by atoms with Crippen LogP contribution in [0.3, 0.4) is 0 Å². The van der Waals surface area contributed by atoms with Crippen molar-refractivity contribution in [2.24, 2.45) is 0 Å². The van der Waals surface area contributed by atoms with Gasteiger partial charge in [-0.3, -0.25) is 0 Å². The molecule has 0 aromatic rings. The number of rotatable bonds is 13. The fraction of sp³-hybridized carbons (Fsp3) is 0.609. The molecule has 1 unspecified atom stereocenters. The zero-order valence-corrected chi connectivity index (χ0v) is 17.4. The number of hydrogen-bond donors (Lipinski definition) is 0. The van der Waals surface area contributed by atoms with Gasteiger partial charge in [-0.05, 0) is 59.3 Å². The molecule has 0 aliphatic rings. The number of carbonyl (C=O) groups is 1. The third kappa shape index (κ3) is 15.9. The average molecular weight is 363 g/mol. The van der Waals surface area contributed by atoms with Gasteiger partial charge in [0.05, 0.1) is 6.61 Å². The number of carbonyl (C=O) groups excluding carboxylic acids is 1. The molecule has 0 N–H and O–H groups in total. The van der Waals surface area contributed by atoms with E-state index in [0.717, 1.165) is 32.1 Å². The number of allylic oxidation sites excluding steroid dienone is 7. The van der Waals surface area contributed by atoms with Crippen molar-refractivity contribution in [1.29, 1.82) is 0 Å². The molecule has 0 saturated heterocycles. The minimum Gasteiger partial charge on any atom is -0.458 e. The Kier molecular flexibility index (Phi) is 14.7. The van der Waals surface area contributed by atoms with Crippen LogP contribution in [0.15, 0.2) is 48.6 Å². The highest BCUT2D eigenvalue weighted by atomic mass is 16.6. The Balaban J connectivity index is 3.81. The van der Waals surface area contributed by atoms with Crippen molar-refractivity contribution < 1.29 is 14.3 Å². The quantitative estimate of drug-likeness (QED) is 0.218. The third-order valence-electron chi connectivity index (χ3n) is 3.36. The van der Waals surface area contributed by atoms with E-state index in [1.807, 2.05) is 27.7 Å². The van der Waals surface area contributed by atoms with Gasteiger partial charge in [-0.1, -0.05) is 62.5 Å². The van der Waals surface area contributed by atoms with Gasteiger partial charge in [0.15, 0.2) is 6.10 Å². The Morgan fingerprint density at radius 1 is 0.846 bits per heavy atom. The largest absolute Gasteiger partial charge is 0.458 e. The summed E-state index contributed by atoms with van der Waals surface area (Å²) in [5.41, 5.74) is -0.471. The zero-order chi connectivity index (χ0) is 19.7. The fourth-order valence-electron chi connectivity index (χ4n) is 2.10. The number of hydrogen-bond acceptors (Lipinski definition) is 3. The van der Waals surface area contributed by atoms with Crippen molar-refractivity contribution in [2.45, 2.75) is 84.8 Å². The maximum absolute atomic E-state index is 12.0. The maximum atomic E-state index is 12.0. The van der Waals surface area contributed by atoms with Gasteiger partial charge in [-0.2, -0.15) is 0 Å². The molecule has 148 valence electrons. The lowest BCUT2D eigenvalue weighted by Crippen LogP contribution is -2.33. The monoisotopic (exact) mass is 362 g/mol. The summed E-state index contributed by atoms with van der Waals surface area (Å²) in [7, 11) is 0. The molecule has 0 aliphatic heterocycles. The molecule has 0 bridgehead atoms. The first-order valence-corrected chi connectivity index (χ1v) is 9.85. The molecule has 0 aromatic heterocycles. The molecule has 26 heavy (non-hydrogen) atoms. The second kappa shape index (κ2) is 15.6. The molecule has 0 saturated carbocycles. The summed E-state index contributed by atoms with van der Waals surface area (Å²) in [5.74, 6) is -0.273. The molecular formula is C23H38O3. The van der Waals surface area contributed by atoms with Crippen LogP contribution in [0.1, 0.15) is 73.1 Å². The Bertz CT molecular complexity index is 464. The highest BCUT2D eigenvalue weighted by Gasteiger charge is 2.24. The normalized spacial score (nSPS) is 14.2. The van der Waals surface area contributed by atoms with E-state index >= 15 is 0 Å². The van der Waals surface area contributed by atoms with E-state index in [9.17, 15) is 4.79 Å². The molecule has 0 fully saturated rings. The molecule has 0 heterocycles. The van der Waals surface area contributed by atoms with Crippen molar-refractivity contribution in [3.8, 4) is 0 Å². The first-order valence-electron chi connectivity index (χ1n) is 9.85. The summed E-state index contributed by atoms with van der Waals surface area (Å²) < 4.78 is 11.0. The topological polar surface area (TPSA) is 35.5 Å². The van der Waals surface area contributed by atoms with Crippen LogP contribution >= 0.6 is 0 Å². The number of ether oxygens (including phenoxy) is 2. The Morgan fingerprint density at radius 2 is 1.35 bits per heavy atom. The van der Waals surface area contributed by atoms with E-state index in [0.29, 0.717) is 13.0 Å². The summed E-state index contributed by atoms with van der Waals surface area (Å²) >= 11 is 0. The fourth-order valence-corrected chi connectivity index (χ4v) is 2.10. The standard InChI is InChI=1S/C23H38O3/c1-6-8-9-10-11-12-13-14-15-16-17-18-19-20-25-21(7-2)22(24)26-23(3,4)5/h8-9,11-12,14-15,17-18,21H,6-7,10,13,16,19-20H2,1-5H3/b9-8-,12-11-,15-14-,18-17-. The van der Waals surface area contributed by atoms with Crippen LogP contribution in [0.2, 0.25) is 0 Å². The summed E-state index contributed by atoms with van der Waals surface area (Å²) in [5, 5.41) is 0. The molecule has 0 aliphatic carbocycles. The Hall–Kier alpha value is -1.61. The van der Waals surface area contributed by atoms with Crippen LogP contribution in [0, 0.1) is 0 Å². The third-order valence-corrected chi connectivity index (χ3v) is 3.36. The molecule has 0 aromatic carbocycles. The first-order chi connectivity index (χ1) is 12.4. The van der Waals surface area contributed by atoms with E-state index in [2.05, 4.69) is 55.5 Å². The zero-order valence-electron chi connectivity index (χ0n) is 17.4. The Morgan fingerprint density at radius 3 is 1.81 bits per heavy atom. The van der Waals surface area contributed by atoms with Crippen molar-refractivity contribution in [2.75, 3.05) is 6.61 Å². The lowest BCUT2D eigenvalue weighted by molar-refractivity contribution is -0.168. The predicted molar refractivity (Wildman–Crippen MR) is 111 cm³/mol. The van der Waals surface area contributed by atoms with Crippen LogP contribution in [-0.4, -0.2) is 24.3 Å². The molecule has 3 nitrogen and oxygen atoms in total. The summed E-state index contributed by atoms with van der Waals surface area (Å²) in [6.07, 6.45) is 22.3. The molecular weight excluding hydrogens is 324 g/mol. The van der Waals surface area contributed by atoms with Crippen LogP contribution in [0.4, 0.5) is 0 Å². The second-order valence-electron chi connectivity index (χ2n) is 7.09. The van der Waals surface area contributed by atoms with Gasteiger partial charge in [-0.25, -0.2) is 4.79 Å². The minimum absolute atomic E-state index is 0.273. The van der Waals surface area contributed by atoms with Crippen LogP contribution in [0.25, 0.3) is 0 Å². The van der Waals surface area contributed by atoms with E-state index in [1.165, 1.54) is 0 Å². The smallest absolute Gasteiger partial charge is 0.335 e. The van der Waals surface area contributed by atoms with Crippen LogP contribution < -0.4 is 0 Å². The van der Waals surface area contributed by atoms with Crippen molar-refractivity contribution in [3.63, 3.8) is 0 Å². The van der Waals surface area contributed by atoms with E-state index in [4.69, 9.17) is 9.47 Å². The highest BCUT2D eigenvalue weighted by molar-refractivity contribution is 5.75. The first kappa shape index (κ1) is 24.4. The van der Waals surface area contributed by atoms with Crippen LogP contribution in [0.5, 0.6) is 0 Å². The van der Waals surface area contributed by atoms with Gasteiger partial charge in [0.2, 0.25) is 0 Å². The molecule has 0 rings (SSSR count). The molecule has 0 spiro atoms. The minimum atomic E-state index is -0.471. The highest BCUT2D eigenvalue weighted by Crippen LogP contribution is 2.11. The lowest BCUT2D eigenvalue weighted by Gasteiger charge is -2.23. The summed E-state index contributed by atoms with van der Waals surface area (Å²) in [6, 6.07) is 0. The van der Waals surface area contributed by atoms with Gasteiger partial charge in [0.25, 0.3) is 0 Å². The molecule has 0 radical (unpaired) electrons. The number of esters is 1. The van der Waals surface area contributed by atoms with E-state index in [1.54, 1.807) is 0 Å². The van der Waals surface area contributed by atoms with Gasteiger partial charge in [0.1, 0.15) is 5.60 Å². The maximum Gasteiger partial charge on any atom is 0.335 e. The van der Waals surface area contributed by atoms with Crippen molar-refractivity contribution >= 4 is 5.97 Å². The lowest BCUT2D eigenvalue weighted by atomic mass is 10.2. The summed E-state index contributed by atoms with van der Waals surface area (Å²) in [4.78, 5) is 12.0. The van der Waals surface area contributed by atoms with Crippen molar-refractivity contribution in [1.82, 2.24) is 0 Å².